The summed E-state index contributed by atoms with van der Waals surface area (Å²) in [7, 11) is 0. The number of anilines is 2. The molecule has 1 amide bonds. The van der Waals surface area contributed by atoms with E-state index in [-0.39, 0.29) is 12.5 Å². The summed E-state index contributed by atoms with van der Waals surface area (Å²) in [5.74, 6) is -0.253. The first-order chi connectivity index (χ1) is 8.97. The molecule has 0 saturated heterocycles. The summed E-state index contributed by atoms with van der Waals surface area (Å²) in [6.45, 7) is 1.85. The fourth-order valence-electron chi connectivity index (χ4n) is 1.55. The van der Waals surface area contributed by atoms with Crippen LogP contribution in [0.3, 0.4) is 0 Å². The number of rotatable bonds is 3. The van der Waals surface area contributed by atoms with E-state index in [0.29, 0.717) is 21.4 Å². The lowest BCUT2D eigenvalue weighted by Gasteiger charge is -2.09. The summed E-state index contributed by atoms with van der Waals surface area (Å²) >= 11 is 11.7. The third-order valence-corrected chi connectivity index (χ3v) is 3.23. The van der Waals surface area contributed by atoms with Crippen molar-refractivity contribution in [3.05, 3.63) is 40.1 Å². The molecule has 0 spiro atoms. The quantitative estimate of drug-likeness (QED) is 0.856. The van der Waals surface area contributed by atoms with Crippen LogP contribution in [0.5, 0.6) is 0 Å². The molecule has 0 bridgehead atoms. The highest BCUT2D eigenvalue weighted by molar-refractivity contribution is 6.31. The van der Waals surface area contributed by atoms with Crippen molar-refractivity contribution in [2.45, 2.75) is 13.5 Å². The van der Waals surface area contributed by atoms with Crippen LogP contribution in [0.15, 0.2) is 24.4 Å². The summed E-state index contributed by atoms with van der Waals surface area (Å²) in [4.78, 5) is 11.9. The van der Waals surface area contributed by atoms with Gasteiger partial charge in [-0.3, -0.25) is 9.48 Å². The van der Waals surface area contributed by atoms with Gasteiger partial charge in [-0.2, -0.15) is 5.10 Å². The first kappa shape index (κ1) is 13.7. The number of hydrogen-bond acceptors (Lipinski definition) is 3. The van der Waals surface area contributed by atoms with Gasteiger partial charge in [0.15, 0.2) is 0 Å². The number of nitrogens with one attached hydrogen (secondary N) is 1. The number of benzene rings is 1. The number of carbonyl (C=O) groups is 1. The van der Waals surface area contributed by atoms with Crippen molar-refractivity contribution in [1.29, 1.82) is 0 Å². The van der Waals surface area contributed by atoms with E-state index in [1.165, 1.54) is 10.9 Å². The molecule has 0 aliphatic carbocycles. The second-order valence-electron chi connectivity index (χ2n) is 4.02. The number of nitrogens with zero attached hydrogens (tertiary/aromatic N) is 2. The van der Waals surface area contributed by atoms with Gasteiger partial charge in [0.2, 0.25) is 5.91 Å². The van der Waals surface area contributed by atoms with Gasteiger partial charge in [-0.05, 0) is 25.1 Å². The van der Waals surface area contributed by atoms with Gasteiger partial charge < -0.3 is 11.1 Å². The minimum absolute atomic E-state index is 0.0600. The van der Waals surface area contributed by atoms with E-state index in [1.54, 1.807) is 25.1 Å². The van der Waals surface area contributed by atoms with Gasteiger partial charge in [-0.15, -0.1) is 0 Å². The molecule has 0 atom stereocenters. The Morgan fingerprint density at radius 3 is 2.84 bits per heavy atom. The van der Waals surface area contributed by atoms with Gasteiger partial charge in [0.25, 0.3) is 0 Å². The van der Waals surface area contributed by atoms with Crippen LogP contribution in [-0.4, -0.2) is 15.7 Å². The van der Waals surface area contributed by atoms with Crippen molar-refractivity contribution in [3.63, 3.8) is 0 Å². The first-order valence-corrected chi connectivity index (χ1v) is 6.25. The Morgan fingerprint density at radius 2 is 2.21 bits per heavy atom. The van der Waals surface area contributed by atoms with Crippen LogP contribution in [0, 0.1) is 6.92 Å². The third-order valence-electron chi connectivity index (χ3n) is 2.63. The molecule has 0 radical (unpaired) electrons. The van der Waals surface area contributed by atoms with E-state index < -0.39 is 0 Å². The van der Waals surface area contributed by atoms with Crippen molar-refractivity contribution in [2.75, 3.05) is 11.1 Å². The molecule has 0 aliphatic rings. The zero-order chi connectivity index (χ0) is 14.0. The summed E-state index contributed by atoms with van der Waals surface area (Å²) in [6, 6.07) is 4.88. The Bertz CT molecular complexity index is 624. The standard InChI is InChI=1S/C12H12Cl2N4O/c1-7-9(14)5-16-18(7)6-12(19)17-11-4-8(13)2-3-10(11)15/h2-5H,6,15H2,1H3,(H,17,19). The Hall–Kier alpha value is -1.72. The Morgan fingerprint density at radius 1 is 1.47 bits per heavy atom. The number of amides is 1. The number of carbonyl (C=O) groups excluding carboxylic acids is 1. The minimum Gasteiger partial charge on any atom is -0.397 e. The van der Waals surface area contributed by atoms with Gasteiger partial charge in [0.1, 0.15) is 6.54 Å². The maximum Gasteiger partial charge on any atom is 0.246 e. The molecule has 19 heavy (non-hydrogen) atoms. The SMILES string of the molecule is Cc1c(Cl)cnn1CC(=O)Nc1cc(Cl)ccc1N. The van der Waals surface area contributed by atoms with Crippen molar-refractivity contribution in [1.82, 2.24) is 9.78 Å². The van der Waals surface area contributed by atoms with E-state index in [4.69, 9.17) is 28.9 Å². The second kappa shape index (κ2) is 5.50. The summed E-state index contributed by atoms with van der Waals surface area (Å²) in [6.07, 6.45) is 1.50. The van der Waals surface area contributed by atoms with Crippen LogP contribution in [0.25, 0.3) is 0 Å². The Balaban J connectivity index is 2.09. The van der Waals surface area contributed by atoms with Crippen LogP contribution in [-0.2, 0) is 11.3 Å². The molecular formula is C12H12Cl2N4O. The average molecular weight is 299 g/mol. The van der Waals surface area contributed by atoms with Gasteiger partial charge in [-0.1, -0.05) is 23.2 Å². The van der Waals surface area contributed by atoms with Crippen LogP contribution < -0.4 is 11.1 Å². The van der Waals surface area contributed by atoms with Crippen molar-refractivity contribution < 1.29 is 4.79 Å². The van der Waals surface area contributed by atoms with Crippen molar-refractivity contribution in [2.24, 2.45) is 0 Å². The van der Waals surface area contributed by atoms with Crippen LogP contribution in [0.2, 0.25) is 10.0 Å². The lowest BCUT2D eigenvalue weighted by atomic mass is 10.2. The van der Waals surface area contributed by atoms with E-state index in [0.717, 1.165) is 5.69 Å². The zero-order valence-corrected chi connectivity index (χ0v) is 11.7. The predicted molar refractivity (Wildman–Crippen MR) is 76.5 cm³/mol. The van der Waals surface area contributed by atoms with Gasteiger partial charge in [-0.25, -0.2) is 0 Å². The highest BCUT2D eigenvalue weighted by Gasteiger charge is 2.10. The molecule has 7 heteroatoms. The summed E-state index contributed by atoms with van der Waals surface area (Å²) < 4.78 is 1.51. The van der Waals surface area contributed by atoms with Crippen LogP contribution in [0.1, 0.15) is 5.69 Å². The smallest absolute Gasteiger partial charge is 0.246 e. The molecule has 5 nitrogen and oxygen atoms in total. The molecule has 0 unspecified atom stereocenters. The van der Waals surface area contributed by atoms with Gasteiger partial charge in [0, 0.05) is 5.02 Å². The molecule has 0 aliphatic heterocycles. The second-order valence-corrected chi connectivity index (χ2v) is 4.86. The molecule has 0 saturated carbocycles. The summed E-state index contributed by atoms with van der Waals surface area (Å²) in [5.41, 5.74) is 7.41. The Labute approximate surface area is 120 Å². The topological polar surface area (TPSA) is 72.9 Å². The van der Waals surface area contributed by atoms with E-state index in [1.807, 2.05) is 0 Å². The number of nitrogens with two attached hydrogens (primary N) is 1. The van der Waals surface area contributed by atoms with Crippen LogP contribution in [0.4, 0.5) is 11.4 Å². The average Bonchev–Trinajstić information content (AvgIpc) is 2.66. The van der Waals surface area contributed by atoms with Crippen LogP contribution >= 0.6 is 23.2 Å². The predicted octanol–water partition coefficient (Wildman–Crippen LogP) is 2.72. The molecule has 0 fully saturated rings. The van der Waals surface area contributed by atoms with E-state index >= 15 is 0 Å². The molecule has 2 aromatic rings. The number of halogens is 2. The minimum atomic E-state index is -0.253. The molecule has 2 rings (SSSR count). The molecule has 1 aromatic carbocycles. The highest BCUT2D eigenvalue weighted by atomic mass is 35.5. The first-order valence-electron chi connectivity index (χ1n) is 5.50. The highest BCUT2D eigenvalue weighted by Crippen LogP contribution is 2.23. The zero-order valence-electron chi connectivity index (χ0n) is 10.2. The molecule has 100 valence electrons. The molecule has 1 heterocycles. The Kier molecular flexibility index (Phi) is 3.97. The van der Waals surface area contributed by atoms with Gasteiger partial charge in [0.05, 0.1) is 28.3 Å². The fourth-order valence-corrected chi connectivity index (χ4v) is 1.86. The monoisotopic (exact) mass is 298 g/mol. The molecular weight excluding hydrogens is 287 g/mol. The molecule has 3 N–H and O–H groups in total. The summed E-state index contributed by atoms with van der Waals surface area (Å²) in [5, 5.41) is 7.71. The maximum absolute atomic E-state index is 11.9. The third kappa shape index (κ3) is 3.19. The number of aromatic nitrogens is 2. The maximum atomic E-state index is 11.9. The van der Waals surface area contributed by atoms with Crippen molar-refractivity contribution >= 4 is 40.5 Å². The lowest BCUT2D eigenvalue weighted by molar-refractivity contribution is -0.116. The normalized spacial score (nSPS) is 10.5. The van der Waals surface area contributed by atoms with Gasteiger partial charge >= 0.3 is 0 Å². The van der Waals surface area contributed by atoms with Crippen molar-refractivity contribution in [3.8, 4) is 0 Å². The number of hydrogen-bond donors (Lipinski definition) is 2. The van der Waals surface area contributed by atoms with E-state index in [2.05, 4.69) is 10.4 Å². The fraction of sp³-hybridized carbons (Fsp3) is 0.167. The van der Waals surface area contributed by atoms with E-state index in [9.17, 15) is 4.79 Å². The largest absolute Gasteiger partial charge is 0.397 e. The lowest BCUT2D eigenvalue weighted by Crippen LogP contribution is -2.20. The number of nitrogen functional groups attached to an aromatic ring is 1. The molecule has 1 aromatic heterocycles.